The van der Waals surface area contributed by atoms with Crippen molar-refractivity contribution in [1.82, 2.24) is 19.9 Å². The van der Waals surface area contributed by atoms with Gasteiger partial charge in [0, 0.05) is 47.2 Å². The zero-order valence-corrected chi connectivity index (χ0v) is 19.5. The topological polar surface area (TPSA) is 87.9 Å². The van der Waals surface area contributed by atoms with Gasteiger partial charge in [-0.3, -0.25) is 9.69 Å². The van der Waals surface area contributed by atoms with E-state index in [2.05, 4.69) is 58.8 Å². The van der Waals surface area contributed by atoms with Crippen molar-refractivity contribution in [2.24, 2.45) is 0 Å². The maximum atomic E-state index is 12.8. The third-order valence-electron chi connectivity index (χ3n) is 6.91. The van der Waals surface area contributed by atoms with Crippen LogP contribution < -0.4 is 11.3 Å². The molecule has 6 nitrogen and oxygen atoms in total. The second-order valence-electron chi connectivity index (χ2n) is 9.25. The fourth-order valence-corrected chi connectivity index (χ4v) is 5.34. The minimum absolute atomic E-state index is 0.0725. The predicted octanol–water partition coefficient (Wildman–Crippen LogP) is 4.99. The van der Waals surface area contributed by atoms with Crippen molar-refractivity contribution in [3.05, 3.63) is 63.7 Å². The maximum Gasteiger partial charge on any atom is 0.252 e. The molecule has 2 aromatic heterocycles. The molecule has 32 heavy (non-hydrogen) atoms. The van der Waals surface area contributed by atoms with Crippen molar-refractivity contribution in [2.45, 2.75) is 83.8 Å². The van der Waals surface area contributed by atoms with Crippen LogP contribution in [0, 0.1) is 0 Å². The highest BCUT2D eigenvalue weighted by molar-refractivity contribution is 5.83. The van der Waals surface area contributed by atoms with E-state index < -0.39 is 0 Å². The van der Waals surface area contributed by atoms with Crippen LogP contribution in [0.5, 0.6) is 0 Å². The molecule has 1 aliphatic heterocycles. The molecule has 0 amide bonds. The number of unbranched alkanes of at least 4 members (excludes halogenated alkanes) is 1. The van der Waals surface area contributed by atoms with Crippen LogP contribution in [0.15, 0.2) is 41.3 Å². The van der Waals surface area contributed by atoms with Crippen LogP contribution in [0.3, 0.4) is 0 Å². The number of aromatic nitrogens is 3. The quantitative estimate of drug-likeness (QED) is 0.548. The number of benzene rings is 1. The van der Waals surface area contributed by atoms with E-state index in [4.69, 9.17) is 5.73 Å². The minimum atomic E-state index is -0.0725. The number of hydrogen-bond acceptors (Lipinski definition) is 5. The first kappa shape index (κ1) is 22.5. The number of nitrogens with two attached hydrogens (primary N) is 1. The Morgan fingerprint density at radius 1 is 1.22 bits per heavy atom. The van der Waals surface area contributed by atoms with Crippen molar-refractivity contribution in [1.29, 1.82) is 0 Å². The van der Waals surface area contributed by atoms with Crippen molar-refractivity contribution >= 4 is 16.9 Å². The Kier molecular flexibility index (Phi) is 6.89. The Balaban J connectivity index is 1.79. The van der Waals surface area contributed by atoms with Gasteiger partial charge in [0.2, 0.25) is 5.95 Å². The number of nitrogens with one attached hydrogen (secondary N) is 1. The maximum absolute atomic E-state index is 12.8. The molecule has 1 saturated heterocycles. The molecular formula is C26H35N5O. The van der Waals surface area contributed by atoms with E-state index in [9.17, 15) is 4.79 Å². The summed E-state index contributed by atoms with van der Waals surface area (Å²) >= 11 is 0. The number of pyridine rings is 1. The normalized spacial score (nSPS) is 20.5. The fraction of sp³-hybridized carbons (Fsp3) is 0.500. The number of nitrogens with zero attached hydrogens (tertiary/aromatic N) is 3. The molecule has 1 aliphatic rings. The molecule has 0 saturated carbocycles. The van der Waals surface area contributed by atoms with Crippen molar-refractivity contribution in [2.75, 3.05) is 5.73 Å². The van der Waals surface area contributed by atoms with Gasteiger partial charge in [0.25, 0.3) is 5.56 Å². The Bertz CT molecular complexity index is 1110. The molecular weight excluding hydrogens is 398 g/mol. The Hall–Kier alpha value is -2.73. The van der Waals surface area contributed by atoms with Gasteiger partial charge in [-0.1, -0.05) is 38.3 Å². The monoisotopic (exact) mass is 433 g/mol. The average Bonchev–Trinajstić information content (AvgIpc) is 2.76. The number of fused-ring (bicyclic) bond motifs is 1. The standard InChI is InChI=1S/C26H35N5O/c1-4-5-12-24(31-17(2)8-6-9-18(31)3)21-10-7-11-23-22(21)16-19(25(32)30-23)15-20-13-14-28-26(27)29-20/h7,10-11,13-14,16-18,24H,4-6,8-9,12,15H2,1-3H3,(H,30,32)(H2,27,28,29). The van der Waals surface area contributed by atoms with Crippen molar-refractivity contribution in [3.63, 3.8) is 0 Å². The summed E-state index contributed by atoms with van der Waals surface area (Å²) in [7, 11) is 0. The van der Waals surface area contributed by atoms with Crippen LogP contribution in [0.25, 0.3) is 10.9 Å². The van der Waals surface area contributed by atoms with Crippen LogP contribution in [-0.4, -0.2) is 31.9 Å². The first-order valence-electron chi connectivity index (χ1n) is 12.0. The highest BCUT2D eigenvalue weighted by Crippen LogP contribution is 2.38. The van der Waals surface area contributed by atoms with Crippen LogP contribution >= 0.6 is 0 Å². The third kappa shape index (κ3) is 4.70. The summed E-state index contributed by atoms with van der Waals surface area (Å²) in [5.41, 5.74) is 9.35. The van der Waals surface area contributed by atoms with Crippen molar-refractivity contribution < 1.29 is 0 Å². The van der Waals surface area contributed by atoms with Gasteiger partial charge in [-0.05, 0) is 56.9 Å². The molecule has 170 valence electrons. The molecule has 0 spiro atoms. The Morgan fingerprint density at radius 2 is 2.00 bits per heavy atom. The molecule has 0 aliphatic carbocycles. The molecule has 3 atom stereocenters. The first-order valence-corrected chi connectivity index (χ1v) is 12.0. The lowest BCUT2D eigenvalue weighted by atomic mass is 9.88. The summed E-state index contributed by atoms with van der Waals surface area (Å²) in [5.74, 6) is 0.230. The SMILES string of the molecule is CCCCC(c1cccc2[nH]c(=O)c(Cc3ccnc(N)n3)cc12)N1C(C)CCCC1C. The number of aromatic amines is 1. The van der Waals surface area contributed by atoms with Gasteiger partial charge in [0.1, 0.15) is 0 Å². The van der Waals surface area contributed by atoms with E-state index >= 15 is 0 Å². The van der Waals surface area contributed by atoms with Crippen LogP contribution in [0.1, 0.15) is 82.2 Å². The Morgan fingerprint density at radius 3 is 2.72 bits per heavy atom. The lowest BCUT2D eigenvalue weighted by molar-refractivity contribution is 0.0496. The molecule has 3 N–H and O–H groups in total. The molecule has 0 radical (unpaired) electrons. The largest absolute Gasteiger partial charge is 0.368 e. The van der Waals surface area contributed by atoms with Crippen LogP contribution in [-0.2, 0) is 6.42 Å². The summed E-state index contributed by atoms with van der Waals surface area (Å²) in [6.07, 6.45) is 9.35. The summed E-state index contributed by atoms with van der Waals surface area (Å²) in [5, 5.41) is 1.13. The molecule has 3 aromatic rings. The van der Waals surface area contributed by atoms with Gasteiger partial charge in [0.15, 0.2) is 0 Å². The number of H-pyrrole nitrogens is 1. The van der Waals surface area contributed by atoms with Gasteiger partial charge >= 0.3 is 0 Å². The lowest BCUT2D eigenvalue weighted by Gasteiger charge is -2.45. The highest BCUT2D eigenvalue weighted by Gasteiger charge is 2.32. The number of rotatable bonds is 7. The summed E-state index contributed by atoms with van der Waals surface area (Å²) in [4.78, 5) is 26.9. The molecule has 3 unspecified atom stereocenters. The van der Waals surface area contributed by atoms with Gasteiger partial charge in [-0.15, -0.1) is 0 Å². The molecule has 1 aromatic carbocycles. The number of likely N-dealkylation sites (tertiary alicyclic amines) is 1. The summed E-state index contributed by atoms with van der Waals surface area (Å²) in [6, 6.07) is 11.7. The zero-order valence-electron chi connectivity index (χ0n) is 19.5. The lowest BCUT2D eigenvalue weighted by Crippen LogP contribution is -2.46. The number of piperidine rings is 1. The molecule has 0 bridgehead atoms. The average molecular weight is 434 g/mol. The summed E-state index contributed by atoms with van der Waals surface area (Å²) < 4.78 is 0. The number of hydrogen-bond donors (Lipinski definition) is 2. The molecule has 6 heteroatoms. The number of anilines is 1. The first-order chi connectivity index (χ1) is 15.5. The van der Waals surface area contributed by atoms with E-state index in [1.807, 2.05) is 12.1 Å². The van der Waals surface area contributed by atoms with E-state index in [0.29, 0.717) is 30.1 Å². The van der Waals surface area contributed by atoms with Gasteiger partial charge in [-0.2, -0.15) is 0 Å². The van der Waals surface area contributed by atoms with E-state index in [-0.39, 0.29) is 11.5 Å². The second kappa shape index (κ2) is 9.82. The van der Waals surface area contributed by atoms with E-state index in [1.54, 1.807) is 6.20 Å². The van der Waals surface area contributed by atoms with Crippen LogP contribution in [0.2, 0.25) is 0 Å². The third-order valence-corrected chi connectivity index (χ3v) is 6.91. The highest BCUT2D eigenvalue weighted by atomic mass is 16.1. The minimum Gasteiger partial charge on any atom is -0.368 e. The molecule has 3 heterocycles. The molecule has 1 fully saturated rings. The predicted molar refractivity (Wildman–Crippen MR) is 131 cm³/mol. The van der Waals surface area contributed by atoms with Crippen molar-refractivity contribution in [3.8, 4) is 0 Å². The fourth-order valence-electron chi connectivity index (χ4n) is 5.34. The van der Waals surface area contributed by atoms with Gasteiger partial charge in [-0.25, -0.2) is 9.97 Å². The smallest absolute Gasteiger partial charge is 0.252 e. The van der Waals surface area contributed by atoms with Gasteiger partial charge in [0.05, 0.1) is 5.69 Å². The van der Waals surface area contributed by atoms with E-state index in [1.165, 1.54) is 37.7 Å². The van der Waals surface area contributed by atoms with Gasteiger partial charge < -0.3 is 10.7 Å². The second-order valence-corrected chi connectivity index (χ2v) is 9.25. The zero-order chi connectivity index (χ0) is 22.7. The van der Waals surface area contributed by atoms with Crippen LogP contribution in [0.4, 0.5) is 5.95 Å². The molecule has 4 rings (SSSR count). The summed E-state index contributed by atoms with van der Waals surface area (Å²) in [6.45, 7) is 6.99. The van der Waals surface area contributed by atoms with E-state index in [0.717, 1.165) is 23.0 Å². The Labute approximate surface area is 190 Å². The number of nitrogen functional groups attached to an aromatic ring is 1.